The Kier molecular flexibility index (Phi) is 5.51. The summed E-state index contributed by atoms with van der Waals surface area (Å²) in [4.78, 5) is 38.5. The van der Waals surface area contributed by atoms with E-state index >= 15 is 0 Å². The number of hydrogen-bond acceptors (Lipinski definition) is 7. The van der Waals surface area contributed by atoms with Gasteiger partial charge in [-0.25, -0.2) is 9.97 Å². The number of hydrogen-bond donors (Lipinski definition) is 1. The van der Waals surface area contributed by atoms with Crippen LogP contribution in [0.3, 0.4) is 0 Å². The Morgan fingerprint density at radius 3 is 2.81 bits per heavy atom. The fourth-order valence-corrected chi connectivity index (χ4v) is 3.21. The molecule has 0 atom stereocenters. The fraction of sp³-hybridized carbons (Fsp3) is 0.250. The first-order valence-electron chi connectivity index (χ1n) is 9.33. The van der Waals surface area contributed by atoms with E-state index in [1.54, 1.807) is 19.1 Å². The molecule has 3 aromatic heterocycles. The van der Waals surface area contributed by atoms with Gasteiger partial charge in [-0.05, 0) is 24.6 Å². The molecule has 1 N–H and O–H groups in total. The molecule has 0 fully saturated rings. The zero-order valence-corrected chi connectivity index (χ0v) is 16.6. The van der Waals surface area contributed by atoms with Crippen molar-refractivity contribution in [3.05, 3.63) is 65.3 Å². The third kappa shape index (κ3) is 4.53. The van der Waals surface area contributed by atoms with Gasteiger partial charge in [0.05, 0.1) is 31.2 Å². The van der Waals surface area contributed by atoms with Gasteiger partial charge < -0.3 is 19.4 Å². The van der Waals surface area contributed by atoms with E-state index < -0.39 is 18.7 Å². The van der Waals surface area contributed by atoms with Crippen LogP contribution in [-0.2, 0) is 13.1 Å². The molecule has 0 bridgehead atoms. The number of aromatic nitrogens is 3. The van der Waals surface area contributed by atoms with Crippen LogP contribution < -0.4 is 10.1 Å². The summed E-state index contributed by atoms with van der Waals surface area (Å²) in [5.41, 5.74) is 1.86. The number of nitrogens with zero attached hydrogens (tertiary/aromatic N) is 4. The smallest absolute Gasteiger partial charge is 0.422 e. The molecule has 0 unspecified atom stereocenters. The lowest BCUT2D eigenvalue weighted by atomic mass is 10.1. The number of pyridine rings is 2. The molecule has 4 heterocycles. The maximum Gasteiger partial charge on any atom is 0.422 e. The summed E-state index contributed by atoms with van der Waals surface area (Å²) in [6.07, 6.45) is 0.539. The van der Waals surface area contributed by atoms with E-state index in [1.165, 1.54) is 23.5 Å². The van der Waals surface area contributed by atoms with Crippen LogP contribution in [0.4, 0.5) is 19.0 Å². The maximum atomic E-state index is 12.8. The Labute approximate surface area is 179 Å². The lowest BCUT2D eigenvalue weighted by Gasteiger charge is -2.16. The first-order valence-corrected chi connectivity index (χ1v) is 9.33. The molecular weight excluding hydrogens is 431 g/mol. The number of nitrogens with one attached hydrogen (secondary N) is 1. The van der Waals surface area contributed by atoms with Gasteiger partial charge in [-0.3, -0.25) is 14.6 Å². The third-order valence-corrected chi connectivity index (χ3v) is 4.67. The van der Waals surface area contributed by atoms with Gasteiger partial charge in [0.15, 0.2) is 13.0 Å². The Hall–Kier alpha value is -3.96. The van der Waals surface area contributed by atoms with Gasteiger partial charge in [0.25, 0.3) is 11.8 Å². The fourth-order valence-electron chi connectivity index (χ4n) is 3.21. The van der Waals surface area contributed by atoms with Gasteiger partial charge in [0.1, 0.15) is 11.6 Å². The van der Waals surface area contributed by atoms with Crippen LogP contribution in [0.5, 0.6) is 5.75 Å². The number of carbonyl (C=O) groups is 2. The average molecular weight is 447 g/mol. The van der Waals surface area contributed by atoms with Crippen LogP contribution in [0.15, 0.2) is 41.5 Å². The van der Waals surface area contributed by atoms with Crippen LogP contribution in [0.25, 0.3) is 0 Å². The molecule has 9 nitrogen and oxygen atoms in total. The molecule has 32 heavy (non-hydrogen) atoms. The van der Waals surface area contributed by atoms with Crippen molar-refractivity contribution >= 4 is 17.6 Å². The van der Waals surface area contributed by atoms with Gasteiger partial charge in [0.2, 0.25) is 5.76 Å². The quantitative estimate of drug-likeness (QED) is 0.618. The van der Waals surface area contributed by atoms with Gasteiger partial charge in [-0.2, -0.15) is 13.2 Å². The number of fused-ring (bicyclic) bond motifs is 1. The van der Waals surface area contributed by atoms with Crippen molar-refractivity contribution in [2.24, 2.45) is 0 Å². The van der Waals surface area contributed by atoms with Crippen LogP contribution in [0, 0.1) is 6.92 Å². The Morgan fingerprint density at radius 1 is 1.31 bits per heavy atom. The van der Waals surface area contributed by atoms with Crippen LogP contribution in [0.2, 0.25) is 0 Å². The Balaban J connectivity index is 1.47. The molecule has 0 aliphatic carbocycles. The Morgan fingerprint density at radius 2 is 2.12 bits per heavy atom. The van der Waals surface area contributed by atoms with Crippen LogP contribution in [-0.4, -0.2) is 44.4 Å². The molecule has 0 saturated carbocycles. The normalized spacial score (nSPS) is 13.2. The number of aryl methyl sites for hydroxylation is 1. The minimum absolute atomic E-state index is 0.00177. The topological polar surface area (TPSA) is 110 Å². The monoisotopic (exact) mass is 447 g/mol. The summed E-state index contributed by atoms with van der Waals surface area (Å²) in [6, 6.07) is 3.11. The predicted octanol–water partition coefficient (Wildman–Crippen LogP) is 3.12. The summed E-state index contributed by atoms with van der Waals surface area (Å²) >= 11 is 0. The van der Waals surface area contributed by atoms with E-state index in [2.05, 4.69) is 20.3 Å². The number of amides is 2. The molecule has 2 amide bonds. The van der Waals surface area contributed by atoms with Crippen LogP contribution in [0.1, 0.15) is 37.7 Å². The summed E-state index contributed by atoms with van der Waals surface area (Å²) in [5, 5.41) is 2.61. The molecular formula is C20H16F3N5O4. The van der Waals surface area contributed by atoms with E-state index in [1.807, 2.05) is 0 Å². The van der Waals surface area contributed by atoms with Gasteiger partial charge >= 0.3 is 6.18 Å². The number of ether oxygens (including phenoxy) is 1. The zero-order chi connectivity index (χ0) is 22.9. The number of rotatable bonds is 6. The van der Waals surface area contributed by atoms with Crippen molar-refractivity contribution in [3.8, 4) is 5.75 Å². The molecule has 0 saturated heterocycles. The van der Waals surface area contributed by atoms with E-state index in [0.29, 0.717) is 22.4 Å². The van der Waals surface area contributed by atoms with Gasteiger partial charge in [-0.1, -0.05) is 0 Å². The van der Waals surface area contributed by atoms with E-state index in [9.17, 15) is 22.8 Å². The highest BCUT2D eigenvalue weighted by Gasteiger charge is 2.31. The molecule has 3 aromatic rings. The zero-order valence-electron chi connectivity index (χ0n) is 16.6. The second-order valence-corrected chi connectivity index (χ2v) is 7.01. The summed E-state index contributed by atoms with van der Waals surface area (Å²) < 4.78 is 46.8. The largest absolute Gasteiger partial charge is 0.482 e. The van der Waals surface area contributed by atoms with Gasteiger partial charge in [0, 0.05) is 17.3 Å². The van der Waals surface area contributed by atoms with E-state index in [-0.39, 0.29) is 36.3 Å². The minimum atomic E-state index is -4.45. The van der Waals surface area contributed by atoms with Crippen molar-refractivity contribution in [2.45, 2.75) is 26.2 Å². The highest BCUT2D eigenvalue weighted by Crippen LogP contribution is 2.29. The molecule has 166 valence electrons. The molecule has 1 aliphatic heterocycles. The highest BCUT2D eigenvalue weighted by atomic mass is 19.4. The van der Waals surface area contributed by atoms with E-state index in [0.717, 1.165) is 6.39 Å². The number of carbonyl (C=O) groups excluding carboxylic acids is 2. The molecule has 0 aromatic carbocycles. The highest BCUT2D eigenvalue weighted by molar-refractivity contribution is 6.04. The molecule has 12 heteroatoms. The van der Waals surface area contributed by atoms with Crippen LogP contribution >= 0.6 is 0 Å². The molecule has 0 radical (unpaired) electrons. The number of oxazole rings is 1. The number of alkyl halides is 3. The first kappa shape index (κ1) is 21.3. The summed E-state index contributed by atoms with van der Waals surface area (Å²) in [6.45, 7) is 0.466. The second kappa shape index (κ2) is 8.29. The number of halogens is 3. The lowest BCUT2D eigenvalue weighted by molar-refractivity contribution is -0.153. The standard InChI is InChI=1S/C20H16F3N5O4/c1-11-4-12(26-6-15(11)31-9-20(21,22)23)7-28-8-14-13(19(28)30)2-3-25-17(14)27-18(29)16-5-24-10-32-16/h2-6,10H,7-9H2,1H3,(H,25,27,29). The predicted molar refractivity (Wildman–Crippen MR) is 103 cm³/mol. The average Bonchev–Trinajstić information content (AvgIpc) is 3.37. The van der Waals surface area contributed by atoms with Crippen molar-refractivity contribution in [3.63, 3.8) is 0 Å². The summed E-state index contributed by atoms with van der Waals surface area (Å²) in [7, 11) is 0. The Bertz CT molecular complexity index is 1160. The van der Waals surface area contributed by atoms with Gasteiger partial charge in [-0.15, -0.1) is 0 Å². The second-order valence-electron chi connectivity index (χ2n) is 7.01. The maximum absolute atomic E-state index is 12.8. The summed E-state index contributed by atoms with van der Waals surface area (Å²) in [5.74, 6) is -0.600. The number of anilines is 1. The lowest BCUT2D eigenvalue weighted by Crippen LogP contribution is -2.24. The molecule has 0 spiro atoms. The first-order chi connectivity index (χ1) is 15.2. The third-order valence-electron chi connectivity index (χ3n) is 4.67. The van der Waals surface area contributed by atoms with Crippen molar-refractivity contribution in [2.75, 3.05) is 11.9 Å². The minimum Gasteiger partial charge on any atom is -0.482 e. The van der Waals surface area contributed by atoms with Crippen molar-refractivity contribution in [1.29, 1.82) is 0 Å². The van der Waals surface area contributed by atoms with Crippen molar-refractivity contribution in [1.82, 2.24) is 19.9 Å². The SMILES string of the molecule is Cc1cc(CN2Cc3c(ccnc3NC(=O)c3cnco3)C2=O)ncc1OCC(F)(F)F. The molecule has 1 aliphatic rings. The molecule has 4 rings (SSSR count). The van der Waals surface area contributed by atoms with Crippen molar-refractivity contribution < 1.29 is 31.9 Å². The van der Waals surface area contributed by atoms with E-state index in [4.69, 9.17) is 9.15 Å².